The Bertz CT molecular complexity index is 1240. The van der Waals surface area contributed by atoms with Crippen LogP contribution in [0.5, 0.6) is 0 Å². The Labute approximate surface area is 154 Å². The lowest BCUT2D eigenvalue weighted by Crippen LogP contribution is -2.30. The average molecular weight is 379 g/mol. The van der Waals surface area contributed by atoms with Gasteiger partial charge in [0, 0.05) is 5.56 Å². The Balaban J connectivity index is 1.62. The molecule has 0 saturated heterocycles. The predicted octanol–water partition coefficient (Wildman–Crippen LogP) is 1.93. The molecule has 0 radical (unpaired) electrons. The lowest BCUT2D eigenvalue weighted by atomic mass is 10.1. The fraction of sp³-hybridized carbons (Fsp3) is 0. The van der Waals surface area contributed by atoms with Crippen molar-refractivity contribution in [3.63, 3.8) is 0 Å². The van der Waals surface area contributed by atoms with E-state index in [0.717, 1.165) is 10.8 Å². The van der Waals surface area contributed by atoms with Gasteiger partial charge in [-0.3, -0.25) is 4.79 Å². The molecule has 0 unspecified atom stereocenters. The minimum absolute atomic E-state index is 0.0651. The van der Waals surface area contributed by atoms with Crippen molar-refractivity contribution < 1.29 is 13.2 Å². The molecule has 3 aromatic carbocycles. The van der Waals surface area contributed by atoms with E-state index < -0.39 is 15.9 Å². The Morgan fingerprint density at radius 2 is 1.74 bits per heavy atom. The third-order valence-electron chi connectivity index (χ3n) is 3.98. The smallest absolute Gasteiger partial charge is 0.265 e. The highest BCUT2D eigenvalue weighted by Crippen LogP contribution is 2.17. The van der Waals surface area contributed by atoms with Crippen molar-refractivity contribution in [1.29, 1.82) is 0 Å². The van der Waals surface area contributed by atoms with Crippen LogP contribution in [-0.2, 0) is 10.0 Å². The normalized spacial score (nSPS) is 11.4. The van der Waals surface area contributed by atoms with Gasteiger partial charge in [-0.05, 0) is 51.5 Å². The van der Waals surface area contributed by atoms with Gasteiger partial charge in [0.1, 0.15) is 6.33 Å². The molecular formula is C18H13N5O3S. The van der Waals surface area contributed by atoms with Gasteiger partial charge in [-0.25, -0.2) is 17.8 Å². The summed E-state index contributed by atoms with van der Waals surface area (Å²) in [4.78, 5) is 12.4. The van der Waals surface area contributed by atoms with E-state index in [4.69, 9.17) is 0 Å². The molecule has 27 heavy (non-hydrogen) atoms. The number of hydrogen-bond acceptors (Lipinski definition) is 6. The first-order valence-corrected chi connectivity index (χ1v) is 9.41. The molecule has 4 aromatic rings. The lowest BCUT2D eigenvalue weighted by Gasteiger charge is -2.09. The van der Waals surface area contributed by atoms with Gasteiger partial charge in [-0.15, -0.1) is 5.10 Å². The number of nitrogens with one attached hydrogen (secondary N) is 1. The number of carbonyl (C=O) groups excluding carboxylic acids is 1. The van der Waals surface area contributed by atoms with Crippen molar-refractivity contribution in [2.24, 2.45) is 0 Å². The number of rotatable bonds is 4. The van der Waals surface area contributed by atoms with Crippen LogP contribution >= 0.6 is 0 Å². The van der Waals surface area contributed by atoms with Crippen molar-refractivity contribution in [3.05, 3.63) is 78.6 Å². The van der Waals surface area contributed by atoms with E-state index in [0.29, 0.717) is 5.69 Å². The predicted molar refractivity (Wildman–Crippen MR) is 97.8 cm³/mol. The number of benzene rings is 3. The van der Waals surface area contributed by atoms with Gasteiger partial charge in [0.15, 0.2) is 0 Å². The highest BCUT2D eigenvalue weighted by molar-refractivity contribution is 7.90. The van der Waals surface area contributed by atoms with Gasteiger partial charge < -0.3 is 0 Å². The summed E-state index contributed by atoms with van der Waals surface area (Å²) >= 11 is 0. The summed E-state index contributed by atoms with van der Waals surface area (Å²) < 4.78 is 28.6. The van der Waals surface area contributed by atoms with Gasteiger partial charge in [0.05, 0.1) is 10.6 Å². The quantitative estimate of drug-likeness (QED) is 0.581. The number of carbonyl (C=O) groups is 1. The Morgan fingerprint density at radius 1 is 0.926 bits per heavy atom. The van der Waals surface area contributed by atoms with E-state index >= 15 is 0 Å². The maximum Gasteiger partial charge on any atom is 0.265 e. The molecule has 4 rings (SSSR count). The topological polar surface area (TPSA) is 107 Å². The van der Waals surface area contributed by atoms with Crippen LogP contribution in [0.1, 0.15) is 10.4 Å². The van der Waals surface area contributed by atoms with Crippen LogP contribution in [0.2, 0.25) is 0 Å². The first kappa shape index (κ1) is 16.9. The zero-order valence-electron chi connectivity index (χ0n) is 13.9. The number of sulfonamides is 1. The molecule has 1 N–H and O–H groups in total. The zero-order valence-corrected chi connectivity index (χ0v) is 14.7. The van der Waals surface area contributed by atoms with Crippen LogP contribution in [0.25, 0.3) is 16.5 Å². The summed E-state index contributed by atoms with van der Waals surface area (Å²) in [5, 5.41) is 12.6. The largest absolute Gasteiger partial charge is 0.268 e. The minimum atomic E-state index is -4.06. The summed E-state index contributed by atoms with van der Waals surface area (Å²) in [7, 11) is -4.06. The molecule has 134 valence electrons. The van der Waals surface area contributed by atoms with E-state index in [1.165, 1.54) is 23.1 Å². The standard InChI is InChI=1S/C18H13N5O3S/c24-18(15-9-8-13-4-1-2-5-14(13)10-15)20-27(25,26)17-7-3-6-16(11-17)23-12-19-21-22-23/h1-12H,(H,20,24). The van der Waals surface area contributed by atoms with Crippen LogP contribution < -0.4 is 4.72 Å². The highest BCUT2D eigenvalue weighted by Gasteiger charge is 2.19. The van der Waals surface area contributed by atoms with Crippen LogP contribution in [0.4, 0.5) is 0 Å². The Morgan fingerprint density at radius 3 is 2.52 bits per heavy atom. The summed E-state index contributed by atoms with van der Waals surface area (Å²) in [5.74, 6) is -0.700. The van der Waals surface area contributed by atoms with Crippen LogP contribution in [0.3, 0.4) is 0 Å². The molecule has 1 amide bonds. The van der Waals surface area contributed by atoms with E-state index in [9.17, 15) is 13.2 Å². The molecule has 0 aliphatic heterocycles. The maximum absolute atomic E-state index is 12.6. The van der Waals surface area contributed by atoms with Gasteiger partial charge in [-0.1, -0.05) is 36.4 Å². The summed E-state index contributed by atoms with van der Waals surface area (Å²) in [6, 6.07) is 18.5. The fourth-order valence-corrected chi connectivity index (χ4v) is 3.66. The number of amides is 1. The van der Waals surface area contributed by atoms with Crippen LogP contribution in [-0.4, -0.2) is 34.5 Å². The first-order chi connectivity index (χ1) is 13.0. The SMILES string of the molecule is O=C(NS(=O)(=O)c1cccc(-n2cnnn2)c1)c1ccc2ccccc2c1. The minimum Gasteiger partial charge on any atom is -0.268 e. The highest BCUT2D eigenvalue weighted by atomic mass is 32.2. The molecule has 0 bridgehead atoms. The summed E-state index contributed by atoms with van der Waals surface area (Å²) in [6.07, 6.45) is 1.35. The second-order valence-electron chi connectivity index (χ2n) is 5.75. The van der Waals surface area contributed by atoms with Crippen LogP contribution in [0.15, 0.2) is 78.0 Å². The molecule has 0 saturated carbocycles. The number of aromatic nitrogens is 4. The van der Waals surface area contributed by atoms with E-state index in [2.05, 4.69) is 20.2 Å². The molecule has 1 aromatic heterocycles. The second kappa shape index (κ2) is 6.61. The van der Waals surface area contributed by atoms with Crippen LogP contribution in [0, 0.1) is 0 Å². The molecule has 1 heterocycles. The van der Waals surface area contributed by atoms with E-state index in [-0.39, 0.29) is 10.5 Å². The number of fused-ring (bicyclic) bond motifs is 1. The second-order valence-corrected chi connectivity index (χ2v) is 7.43. The van der Waals surface area contributed by atoms with Crippen molar-refractivity contribution in [2.45, 2.75) is 4.90 Å². The van der Waals surface area contributed by atoms with Crippen molar-refractivity contribution >= 4 is 26.7 Å². The monoisotopic (exact) mass is 379 g/mol. The van der Waals surface area contributed by atoms with Gasteiger partial charge in [-0.2, -0.15) is 0 Å². The first-order valence-electron chi connectivity index (χ1n) is 7.92. The number of tetrazole rings is 1. The third kappa shape index (κ3) is 3.40. The summed E-state index contributed by atoms with van der Waals surface area (Å²) in [5.41, 5.74) is 0.718. The van der Waals surface area contributed by atoms with Gasteiger partial charge in [0.25, 0.3) is 15.9 Å². The molecule has 0 spiro atoms. The Hall–Kier alpha value is -3.59. The molecule has 8 nitrogen and oxygen atoms in total. The van der Waals surface area contributed by atoms with E-state index in [1.54, 1.807) is 30.3 Å². The average Bonchev–Trinajstić information content (AvgIpc) is 3.22. The lowest BCUT2D eigenvalue weighted by molar-refractivity contribution is 0.0981. The van der Waals surface area contributed by atoms with Crippen molar-refractivity contribution in [3.8, 4) is 5.69 Å². The third-order valence-corrected chi connectivity index (χ3v) is 5.31. The van der Waals surface area contributed by atoms with Crippen molar-refractivity contribution in [1.82, 2.24) is 24.9 Å². The molecule has 0 aliphatic rings. The molecule has 0 atom stereocenters. The Kier molecular flexibility index (Phi) is 4.13. The zero-order chi connectivity index (χ0) is 18.9. The summed E-state index contributed by atoms with van der Waals surface area (Å²) in [6.45, 7) is 0. The number of nitrogens with zero attached hydrogens (tertiary/aromatic N) is 4. The van der Waals surface area contributed by atoms with Gasteiger partial charge >= 0.3 is 0 Å². The molecule has 9 heteroatoms. The fourth-order valence-electron chi connectivity index (χ4n) is 2.64. The number of hydrogen-bond donors (Lipinski definition) is 1. The molecule has 0 fully saturated rings. The molecule has 0 aliphatic carbocycles. The maximum atomic E-state index is 12.6. The van der Waals surface area contributed by atoms with Crippen molar-refractivity contribution in [2.75, 3.05) is 0 Å². The van der Waals surface area contributed by atoms with E-state index in [1.807, 2.05) is 24.3 Å². The molecular weight excluding hydrogens is 366 g/mol. The van der Waals surface area contributed by atoms with Gasteiger partial charge in [0.2, 0.25) is 0 Å².